The molecule has 0 aromatic carbocycles. The van der Waals surface area contributed by atoms with Crippen molar-refractivity contribution < 1.29 is 0 Å². The number of hydrogen-bond donors (Lipinski definition) is 0. The van der Waals surface area contributed by atoms with Crippen LogP contribution in [0.1, 0.15) is 17.0 Å². The lowest BCUT2D eigenvalue weighted by Crippen LogP contribution is -2.08. The third-order valence-corrected chi connectivity index (χ3v) is 3.22. The maximum Gasteiger partial charge on any atom is 0.0748 e. The van der Waals surface area contributed by atoms with Gasteiger partial charge in [-0.05, 0) is 25.3 Å². The van der Waals surface area contributed by atoms with E-state index in [-0.39, 0.29) is 0 Å². The van der Waals surface area contributed by atoms with E-state index in [2.05, 4.69) is 17.1 Å². The standard InChI is InChI=1S/C11H14N4/c1-7-10-9(14(2)13-7)5-4-8-6-12-15(3)11(8)10/h6H,4-5H2,1-3H3. The second kappa shape index (κ2) is 2.72. The molecule has 0 saturated carbocycles. The molecule has 0 N–H and O–H groups in total. The van der Waals surface area contributed by atoms with Gasteiger partial charge in [-0.2, -0.15) is 10.2 Å². The van der Waals surface area contributed by atoms with E-state index in [0.717, 1.165) is 18.5 Å². The van der Waals surface area contributed by atoms with Gasteiger partial charge in [-0.1, -0.05) is 0 Å². The molecule has 2 aromatic heterocycles. The first-order valence-electron chi connectivity index (χ1n) is 5.22. The Morgan fingerprint density at radius 2 is 2.00 bits per heavy atom. The van der Waals surface area contributed by atoms with Crippen LogP contribution in [0.25, 0.3) is 11.3 Å². The van der Waals surface area contributed by atoms with Gasteiger partial charge in [0.1, 0.15) is 0 Å². The van der Waals surface area contributed by atoms with Crippen molar-refractivity contribution in [2.45, 2.75) is 19.8 Å². The van der Waals surface area contributed by atoms with Crippen molar-refractivity contribution in [1.29, 1.82) is 0 Å². The number of nitrogens with zero attached hydrogens (tertiary/aromatic N) is 4. The van der Waals surface area contributed by atoms with Gasteiger partial charge in [0.15, 0.2) is 0 Å². The summed E-state index contributed by atoms with van der Waals surface area (Å²) in [6, 6.07) is 0. The summed E-state index contributed by atoms with van der Waals surface area (Å²) in [5, 5.41) is 8.81. The van der Waals surface area contributed by atoms with Crippen LogP contribution in [0.15, 0.2) is 6.20 Å². The largest absolute Gasteiger partial charge is 0.272 e. The topological polar surface area (TPSA) is 35.6 Å². The second-order valence-corrected chi connectivity index (χ2v) is 4.17. The summed E-state index contributed by atoms with van der Waals surface area (Å²) < 4.78 is 3.96. The number of aryl methyl sites for hydroxylation is 4. The minimum absolute atomic E-state index is 1.07. The second-order valence-electron chi connectivity index (χ2n) is 4.17. The summed E-state index contributed by atoms with van der Waals surface area (Å²) >= 11 is 0. The third-order valence-electron chi connectivity index (χ3n) is 3.22. The molecular weight excluding hydrogens is 188 g/mol. The predicted molar refractivity (Wildman–Crippen MR) is 57.6 cm³/mol. The Kier molecular flexibility index (Phi) is 1.58. The van der Waals surface area contributed by atoms with Gasteiger partial charge in [-0.25, -0.2) is 0 Å². The zero-order chi connectivity index (χ0) is 10.6. The molecule has 0 radical (unpaired) electrons. The van der Waals surface area contributed by atoms with Gasteiger partial charge in [0, 0.05) is 25.4 Å². The van der Waals surface area contributed by atoms with Gasteiger partial charge in [0.25, 0.3) is 0 Å². The predicted octanol–water partition coefficient (Wildman–Crippen LogP) is 1.23. The highest BCUT2D eigenvalue weighted by atomic mass is 15.3. The van der Waals surface area contributed by atoms with Crippen LogP contribution in [0.3, 0.4) is 0 Å². The van der Waals surface area contributed by atoms with Crippen LogP contribution >= 0.6 is 0 Å². The molecule has 1 aliphatic rings. The average Bonchev–Trinajstić information content (AvgIpc) is 2.70. The third kappa shape index (κ3) is 1.02. The molecule has 0 aliphatic heterocycles. The van der Waals surface area contributed by atoms with Crippen LogP contribution in [0.2, 0.25) is 0 Å². The highest BCUT2D eigenvalue weighted by Crippen LogP contribution is 2.34. The molecule has 0 spiro atoms. The van der Waals surface area contributed by atoms with E-state index >= 15 is 0 Å². The molecule has 0 unspecified atom stereocenters. The minimum Gasteiger partial charge on any atom is -0.272 e. The van der Waals surface area contributed by atoms with Crippen molar-refractivity contribution in [3.8, 4) is 11.3 Å². The van der Waals surface area contributed by atoms with Gasteiger partial charge >= 0.3 is 0 Å². The van der Waals surface area contributed by atoms with Crippen LogP contribution in [0, 0.1) is 6.92 Å². The van der Waals surface area contributed by atoms with Crippen molar-refractivity contribution in [3.05, 3.63) is 23.1 Å². The van der Waals surface area contributed by atoms with Crippen LogP contribution in [0.4, 0.5) is 0 Å². The van der Waals surface area contributed by atoms with Gasteiger partial charge in [0.05, 0.1) is 17.6 Å². The van der Waals surface area contributed by atoms with E-state index in [1.54, 1.807) is 0 Å². The van der Waals surface area contributed by atoms with E-state index in [0.29, 0.717) is 0 Å². The Balaban J connectivity index is 2.37. The fourth-order valence-corrected chi connectivity index (χ4v) is 2.54. The molecular formula is C11H14N4. The Labute approximate surface area is 88.5 Å². The fourth-order valence-electron chi connectivity index (χ4n) is 2.54. The Morgan fingerprint density at radius 3 is 2.80 bits per heavy atom. The molecule has 4 heteroatoms. The quantitative estimate of drug-likeness (QED) is 0.644. The molecule has 0 saturated heterocycles. The SMILES string of the molecule is Cc1nn(C)c2c1-c1c(cnn1C)CC2. The van der Waals surface area contributed by atoms with Gasteiger partial charge in [0.2, 0.25) is 0 Å². The first-order valence-corrected chi connectivity index (χ1v) is 5.22. The summed E-state index contributed by atoms with van der Waals surface area (Å²) in [5.74, 6) is 0. The number of aromatic nitrogens is 4. The lowest BCUT2D eigenvalue weighted by atomic mass is 9.94. The highest BCUT2D eigenvalue weighted by Gasteiger charge is 2.25. The molecule has 0 atom stereocenters. The molecule has 3 rings (SSSR count). The van der Waals surface area contributed by atoms with E-state index in [1.807, 2.05) is 29.7 Å². The molecule has 1 aliphatic carbocycles. The maximum atomic E-state index is 4.49. The lowest BCUT2D eigenvalue weighted by Gasteiger charge is -2.14. The number of rotatable bonds is 0. The Bertz CT molecular complexity index is 533. The maximum absolute atomic E-state index is 4.49. The lowest BCUT2D eigenvalue weighted by molar-refractivity contribution is 0.693. The van der Waals surface area contributed by atoms with Crippen LogP contribution in [0.5, 0.6) is 0 Å². The zero-order valence-corrected chi connectivity index (χ0v) is 9.28. The number of fused-ring (bicyclic) bond motifs is 3. The van der Waals surface area contributed by atoms with Gasteiger partial charge in [-0.3, -0.25) is 9.36 Å². The molecule has 2 aromatic rings. The Hall–Kier alpha value is -1.58. The van der Waals surface area contributed by atoms with Crippen LogP contribution in [-0.2, 0) is 26.9 Å². The molecule has 0 bridgehead atoms. The summed E-state index contributed by atoms with van der Waals surface area (Å²) in [5.41, 5.74) is 6.34. The van der Waals surface area contributed by atoms with Crippen molar-refractivity contribution in [3.63, 3.8) is 0 Å². The molecule has 2 heterocycles. The summed E-state index contributed by atoms with van der Waals surface area (Å²) in [7, 11) is 4.02. The highest BCUT2D eigenvalue weighted by molar-refractivity contribution is 5.70. The van der Waals surface area contributed by atoms with Gasteiger partial charge < -0.3 is 0 Å². The first-order chi connectivity index (χ1) is 7.18. The first kappa shape index (κ1) is 8.71. The molecule has 0 amide bonds. The smallest absolute Gasteiger partial charge is 0.0748 e. The summed E-state index contributed by atoms with van der Waals surface area (Å²) in [4.78, 5) is 0. The van der Waals surface area contributed by atoms with Crippen LogP contribution in [-0.4, -0.2) is 19.6 Å². The van der Waals surface area contributed by atoms with E-state index in [1.165, 1.54) is 22.5 Å². The fraction of sp³-hybridized carbons (Fsp3) is 0.455. The van der Waals surface area contributed by atoms with E-state index in [9.17, 15) is 0 Å². The minimum atomic E-state index is 1.07. The van der Waals surface area contributed by atoms with Crippen LogP contribution < -0.4 is 0 Å². The van der Waals surface area contributed by atoms with Crippen molar-refractivity contribution in [2.24, 2.45) is 14.1 Å². The number of hydrogen-bond acceptors (Lipinski definition) is 2. The Morgan fingerprint density at radius 1 is 1.20 bits per heavy atom. The molecule has 0 fully saturated rings. The molecule has 78 valence electrons. The van der Waals surface area contributed by atoms with E-state index in [4.69, 9.17) is 0 Å². The summed E-state index contributed by atoms with van der Waals surface area (Å²) in [6.07, 6.45) is 4.13. The van der Waals surface area contributed by atoms with E-state index < -0.39 is 0 Å². The normalized spacial score (nSPS) is 13.8. The average molecular weight is 202 g/mol. The zero-order valence-electron chi connectivity index (χ0n) is 9.28. The molecule has 15 heavy (non-hydrogen) atoms. The monoisotopic (exact) mass is 202 g/mol. The van der Waals surface area contributed by atoms with Crippen molar-refractivity contribution in [1.82, 2.24) is 19.6 Å². The van der Waals surface area contributed by atoms with Crippen molar-refractivity contribution >= 4 is 0 Å². The van der Waals surface area contributed by atoms with Gasteiger partial charge in [-0.15, -0.1) is 0 Å². The van der Waals surface area contributed by atoms with Crippen molar-refractivity contribution in [2.75, 3.05) is 0 Å². The molecule has 4 nitrogen and oxygen atoms in total. The summed E-state index contributed by atoms with van der Waals surface area (Å²) in [6.45, 7) is 2.07.